The van der Waals surface area contributed by atoms with Crippen molar-refractivity contribution in [2.24, 2.45) is 11.8 Å². The molecule has 1 unspecified atom stereocenters. The van der Waals surface area contributed by atoms with E-state index in [-0.39, 0.29) is 11.5 Å². The third-order valence-electron chi connectivity index (χ3n) is 2.50. The Balaban J connectivity index is 2.83. The van der Waals surface area contributed by atoms with Gasteiger partial charge in [-0.25, -0.2) is 10.8 Å². The lowest BCUT2D eigenvalue weighted by Crippen LogP contribution is -2.14. The molecule has 0 amide bonds. The van der Waals surface area contributed by atoms with Crippen LogP contribution in [0.1, 0.15) is 20.3 Å². The van der Waals surface area contributed by atoms with Crippen LogP contribution in [0, 0.1) is 16.0 Å². The Labute approximate surface area is 99.5 Å². The standard InChI is InChI=1S/C10H17N5O2/c1-3-7(2)6-12-9-4-8(15(16)17)5-10(13-9)14-11/h4-5,7H,3,6,11H2,1-2H3,(H2,12,13,14). The van der Waals surface area contributed by atoms with Crippen LogP contribution < -0.4 is 16.6 Å². The maximum Gasteiger partial charge on any atom is 0.276 e. The van der Waals surface area contributed by atoms with Crippen LogP contribution in [0.25, 0.3) is 0 Å². The Kier molecular flexibility index (Phi) is 4.65. The maximum atomic E-state index is 10.7. The molecule has 0 spiro atoms. The first-order valence-corrected chi connectivity index (χ1v) is 5.43. The predicted octanol–water partition coefficient (Wildman–Crippen LogP) is 1.73. The number of hydrogen-bond acceptors (Lipinski definition) is 6. The van der Waals surface area contributed by atoms with Crippen LogP contribution in [0.5, 0.6) is 0 Å². The maximum absolute atomic E-state index is 10.7. The topological polar surface area (TPSA) is 106 Å². The van der Waals surface area contributed by atoms with Crippen LogP contribution in [0.3, 0.4) is 0 Å². The van der Waals surface area contributed by atoms with Crippen LogP contribution in [-0.2, 0) is 0 Å². The molecule has 1 rings (SSSR count). The van der Waals surface area contributed by atoms with E-state index in [9.17, 15) is 10.1 Å². The number of nitrogens with two attached hydrogens (primary N) is 1. The minimum absolute atomic E-state index is 0.0420. The molecule has 0 bridgehead atoms. The molecule has 4 N–H and O–H groups in total. The van der Waals surface area contributed by atoms with Gasteiger partial charge in [0.2, 0.25) is 0 Å². The molecule has 0 aromatic carbocycles. The highest BCUT2D eigenvalue weighted by Crippen LogP contribution is 2.20. The molecule has 17 heavy (non-hydrogen) atoms. The van der Waals surface area contributed by atoms with Crippen molar-refractivity contribution in [1.82, 2.24) is 4.98 Å². The van der Waals surface area contributed by atoms with Crippen LogP contribution in [-0.4, -0.2) is 16.5 Å². The Morgan fingerprint density at radius 2 is 2.18 bits per heavy atom. The molecule has 1 atom stereocenters. The first-order valence-electron chi connectivity index (χ1n) is 5.43. The summed E-state index contributed by atoms with van der Waals surface area (Å²) in [5.74, 6) is 6.40. The quantitative estimate of drug-likeness (QED) is 0.396. The number of anilines is 2. The Bertz CT molecular complexity index is 396. The van der Waals surface area contributed by atoms with Gasteiger partial charge in [0.05, 0.1) is 17.1 Å². The van der Waals surface area contributed by atoms with E-state index in [0.29, 0.717) is 18.3 Å². The summed E-state index contributed by atoms with van der Waals surface area (Å²) in [7, 11) is 0. The number of nitrogen functional groups attached to an aromatic ring is 1. The zero-order valence-corrected chi connectivity index (χ0v) is 9.93. The number of nitro groups is 1. The largest absolute Gasteiger partial charge is 0.370 e. The summed E-state index contributed by atoms with van der Waals surface area (Å²) in [6, 6.07) is 2.68. The first-order chi connectivity index (χ1) is 8.06. The number of aromatic nitrogens is 1. The van der Waals surface area contributed by atoms with Gasteiger partial charge in [0.15, 0.2) is 0 Å². The molecule has 94 valence electrons. The molecule has 0 radical (unpaired) electrons. The van der Waals surface area contributed by atoms with Crippen molar-refractivity contribution in [2.75, 3.05) is 17.3 Å². The zero-order chi connectivity index (χ0) is 12.8. The number of rotatable bonds is 6. The van der Waals surface area contributed by atoms with E-state index in [1.807, 2.05) is 0 Å². The SMILES string of the molecule is CCC(C)CNc1cc([N+](=O)[O-])cc(NN)n1. The number of hydrogen-bond donors (Lipinski definition) is 3. The second-order valence-electron chi connectivity index (χ2n) is 3.89. The predicted molar refractivity (Wildman–Crippen MR) is 66.6 cm³/mol. The molecule has 0 aliphatic heterocycles. The monoisotopic (exact) mass is 239 g/mol. The highest BCUT2D eigenvalue weighted by molar-refractivity contribution is 5.54. The summed E-state index contributed by atoms with van der Waals surface area (Å²) in [6.07, 6.45) is 1.03. The van der Waals surface area contributed by atoms with Gasteiger partial charge in [0, 0.05) is 6.54 Å². The molecule has 0 saturated carbocycles. The molecule has 1 aromatic heterocycles. The normalized spacial score (nSPS) is 11.9. The highest BCUT2D eigenvalue weighted by Gasteiger charge is 2.11. The summed E-state index contributed by atoms with van der Waals surface area (Å²) in [6.45, 7) is 4.89. The lowest BCUT2D eigenvalue weighted by Gasteiger charge is -2.11. The van der Waals surface area contributed by atoms with Gasteiger partial charge in [-0.2, -0.15) is 0 Å². The van der Waals surface area contributed by atoms with Gasteiger partial charge in [-0.3, -0.25) is 10.1 Å². The lowest BCUT2D eigenvalue weighted by atomic mass is 10.1. The minimum atomic E-state index is -0.475. The fourth-order valence-electron chi connectivity index (χ4n) is 1.21. The van der Waals surface area contributed by atoms with E-state index in [1.165, 1.54) is 12.1 Å². The van der Waals surface area contributed by atoms with Crippen LogP contribution >= 0.6 is 0 Å². The third-order valence-corrected chi connectivity index (χ3v) is 2.50. The van der Waals surface area contributed by atoms with Gasteiger partial charge in [0.1, 0.15) is 11.6 Å². The molecule has 0 aliphatic rings. The lowest BCUT2D eigenvalue weighted by molar-refractivity contribution is -0.384. The second kappa shape index (κ2) is 6.00. The fourth-order valence-corrected chi connectivity index (χ4v) is 1.21. The van der Waals surface area contributed by atoms with Crippen LogP contribution in [0.15, 0.2) is 12.1 Å². The van der Waals surface area contributed by atoms with Crippen molar-refractivity contribution in [3.8, 4) is 0 Å². The first kappa shape index (κ1) is 13.2. The highest BCUT2D eigenvalue weighted by atomic mass is 16.6. The van der Waals surface area contributed by atoms with Gasteiger partial charge >= 0.3 is 0 Å². The van der Waals surface area contributed by atoms with Crippen molar-refractivity contribution in [3.05, 3.63) is 22.2 Å². The van der Waals surface area contributed by atoms with E-state index in [1.54, 1.807) is 0 Å². The molecule has 7 nitrogen and oxygen atoms in total. The fraction of sp³-hybridized carbons (Fsp3) is 0.500. The van der Waals surface area contributed by atoms with Crippen molar-refractivity contribution >= 4 is 17.3 Å². The van der Waals surface area contributed by atoms with Gasteiger partial charge in [0.25, 0.3) is 5.69 Å². The van der Waals surface area contributed by atoms with Gasteiger partial charge in [-0.15, -0.1) is 0 Å². The molecule has 0 saturated heterocycles. The average Bonchev–Trinajstić information content (AvgIpc) is 2.35. The van der Waals surface area contributed by atoms with E-state index in [0.717, 1.165) is 6.42 Å². The van der Waals surface area contributed by atoms with Crippen LogP contribution in [0.2, 0.25) is 0 Å². The second-order valence-corrected chi connectivity index (χ2v) is 3.89. The average molecular weight is 239 g/mol. The zero-order valence-electron chi connectivity index (χ0n) is 9.93. The Morgan fingerprint density at radius 1 is 1.53 bits per heavy atom. The molecule has 0 aliphatic carbocycles. The summed E-state index contributed by atoms with van der Waals surface area (Å²) >= 11 is 0. The number of nitrogens with one attached hydrogen (secondary N) is 2. The number of hydrazine groups is 1. The summed E-state index contributed by atoms with van der Waals surface area (Å²) < 4.78 is 0. The van der Waals surface area contributed by atoms with Gasteiger partial charge in [-0.05, 0) is 5.92 Å². The molecular weight excluding hydrogens is 222 g/mol. The van der Waals surface area contributed by atoms with E-state index in [4.69, 9.17) is 5.84 Å². The van der Waals surface area contributed by atoms with Gasteiger partial charge < -0.3 is 10.7 Å². The smallest absolute Gasteiger partial charge is 0.276 e. The molecule has 7 heteroatoms. The molecule has 1 heterocycles. The van der Waals surface area contributed by atoms with Gasteiger partial charge in [-0.1, -0.05) is 20.3 Å². The van der Waals surface area contributed by atoms with Crippen molar-refractivity contribution in [2.45, 2.75) is 20.3 Å². The molecular formula is C10H17N5O2. The van der Waals surface area contributed by atoms with Crippen molar-refractivity contribution < 1.29 is 4.92 Å². The summed E-state index contributed by atoms with van der Waals surface area (Å²) in [5, 5.41) is 13.8. The van der Waals surface area contributed by atoms with Crippen molar-refractivity contribution in [3.63, 3.8) is 0 Å². The third kappa shape index (κ3) is 3.87. The van der Waals surface area contributed by atoms with E-state index in [2.05, 4.69) is 29.6 Å². The number of nitrogens with zero attached hydrogens (tertiary/aromatic N) is 2. The minimum Gasteiger partial charge on any atom is -0.370 e. The Morgan fingerprint density at radius 3 is 2.71 bits per heavy atom. The molecule has 1 aromatic rings. The van der Waals surface area contributed by atoms with E-state index >= 15 is 0 Å². The number of pyridine rings is 1. The van der Waals surface area contributed by atoms with Crippen LogP contribution in [0.4, 0.5) is 17.3 Å². The summed E-state index contributed by atoms with van der Waals surface area (Å²) in [5.41, 5.74) is 2.27. The Hall–Kier alpha value is -1.89. The summed E-state index contributed by atoms with van der Waals surface area (Å²) in [4.78, 5) is 14.3. The van der Waals surface area contributed by atoms with E-state index < -0.39 is 4.92 Å². The van der Waals surface area contributed by atoms with Crippen molar-refractivity contribution in [1.29, 1.82) is 0 Å². The molecule has 0 fully saturated rings.